The zero-order valence-electron chi connectivity index (χ0n) is 10.4. The molecular formula is C12H19BrN2O2. The molecule has 0 spiro atoms. The van der Waals surface area contributed by atoms with Crippen molar-refractivity contribution in [3.8, 4) is 0 Å². The molecule has 0 saturated carbocycles. The molecule has 0 aliphatic carbocycles. The van der Waals surface area contributed by atoms with E-state index in [1.165, 1.54) is 0 Å². The molecule has 5 heteroatoms. The second-order valence-electron chi connectivity index (χ2n) is 4.45. The Hall–Kier alpha value is -0.810. The molecular weight excluding hydrogens is 284 g/mol. The fourth-order valence-electron chi connectivity index (χ4n) is 1.25. The summed E-state index contributed by atoms with van der Waals surface area (Å²) < 4.78 is 6.03. The van der Waals surface area contributed by atoms with E-state index in [4.69, 9.17) is 4.42 Å². The van der Waals surface area contributed by atoms with Crippen LogP contribution in [0.1, 0.15) is 26.5 Å². The molecule has 0 aromatic carbocycles. The number of hydrogen-bond donors (Lipinski definition) is 2. The smallest absolute Gasteiger partial charge is 0.236 e. The Bertz CT molecular complexity index is 363. The number of carbonyl (C=O) groups is 1. The molecule has 0 bridgehead atoms. The van der Waals surface area contributed by atoms with E-state index in [0.717, 1.165) is 5.76 Å². The largest absolute Gasteiger partial charge is 0.453 e. The highest BCUT2D eigenvalue weighted by atomic mass is 79.9. The van der Waals surface area contributed by atoms with E-state index < -0.39 is 0 Å². The average Bonchev–Trinajstić information content (AvgIpc) is 2.68. The average molecular weight is 303 g/mol. The van der Waals surface area contributed by atoms with Crippen LogP contribution in [0.3, 0.4) is 0 Å². The minimum Gasteiger partial charge on any atom is -0.453 e. The Balaban J connectivity index is 2.29. The third-order valence-electron chi connectivity index (χ3n) is 2.29. The van der Waals surface area contributed by atoms with Crippen LogP contribution in [-0.2, 0) is 11.3 Å². The second-order valence-corrected chi connectivity index (χ2v) is 5.23. The van der Waals surface area contributed by atoms with Gasteiger partial charge < -0.3 is 9.73 Å². The Morgan fingerprint density at radius 2 is 2.12 bits per heavy atom. The minimum absolute atomic E-state index is 0.0179. The molecule has 17 heavy (non-hydrogen) atoms. The van der Waals surface area contributed by atoms with Crippen molar-refractivity contribution >= 4 is 21.8 Å². The molecule has 4 nitrogen and oxygen atoms in total. The summed E-state index contributed by atoms with van der Waals surface area (Å²) >= 11 is 3.24. The van der Waals surface area contributed by atoms with Crippen LogP contribution >= 0.6 is 15.9 Å². The molecule has 96 valence electrons. The van der Waals surface area contributed by atoms with Crippen LogP contribution in [-0.4, -0.2) is 18.5 Å². The van der Waals surface area contributed by atoms with E-state index in [0.29, 0.717) is 23.7 Å². The number of rotatable bonds is 6. The number of nitrogens with one attached hydrogen (secondary N) is 2. The van der Waals surface area contributed by atoms with Crippen LogP contribution in [0.2, 0.25) is 0 Å². The van der Waals surface area contributed by atoms with Crippen molar-refractivity contribution < 1.29 is 9.21 Å². The Morgan fingerprint density at radius 1 is 1.41 bits per heavy atom. The lowest BCUT2D eigenvalue weighted by Crippen LogP contribution is -2.42. The fourth-order valence-corrected chi connectivity index (χ4v) is 1.59. The summed E-state index contributed by atoms with van der Waals surface area (Å²) in [5.41, 5.74) is 0. The molecule has 0 radical (unpaired) electrons. The first-order valence-corrected chi connectivity index (χ1v) is 6.53. The Morgan fingerprint density at radius 3 is 2.65 bits per heavy atom. The molecule has 0 aliphatic heterocycles. The summed E-state index contributed by atoms with van der Waals surface area (Å²) in [4.78, 5) is 11.7. The molecule has 1 unspecified atom stereocenters. The van der Waals surface area contributed by atoms with Crippen molar-refractivity contribution in [2.24, 2.45) is 5.92 Å². The molecule has 1 amide bonds. The van der Waals surface area contributed by atoms with Crippen LogP contribution in [0.25, 0.3) is 0 Å². The van der Waals surface area contributed by atoms with Crippen molar-refractivity contribution in [3.05, 3.63) is 22.6 Å². The van der Waals surface area contributed by atoms with Crippen molar-refractivity contribution in [1.82, 2.24) is 10.6 Å². The summed E-state index contributed by atoms with van der Waals surface area (Å²) in [5, 5.41) is 5.99. The van der Waals surface area contributed by atoms with Crippen molar-refractivity contribution in [3.63, 3.8) is 0 Å². The van der Waals surface area contributed by atoms with Gasteiger partial charge in [0.1, 0.15) is 5.76 Å². The van der Waals surface area contributed by atoms with Crippen LogP contribution < -0.4 is 10.6 Å². The van der Waals surface area contributed by atoms with E-state index in [9.17, 15) is 4.79 Å². The van der Waals surface area contributed by atoms with Crippen LogP contribution in [0.4, 0.5) is 0 Å². The lowest BCUT2D eigenvalue weighted by molar-refractivity contribution is -0.122. The number of carbonyl (C=O) groups excluding carboxylic acids is 1. The van der Waals surface area contributed by atoms with Gasteiger partial charge in [0.15, 0.2) is 4.67 Å². The molecule has 2 N–H and O–H groups in total. The highest BCUT2D eigenvalue weighted by Gasteiger charge is 2.12. The Kier molecular flexibility index (Phi) is 5.71. The summed E-state index contributed by atoms with van der Waals surface area (Å²) in [6.45, 7) is 7.23. The lowest BCUT2D eigenvalue weighted by atomic mass is 10.2. The van der Waals surface area contributed by atoms with Crippen molar-refractivity contribution in [1.29, 1.82) is 0 Å². The number of halogens is 1. The van der Waals surface area contributed by atoms with Gasteiger partial charge in [-0.2, -0.15) is 0 Å². The van der Waals surface area contributed by atoms with E-state index >= 15 is 0 Å². The van der Waals surface area contributed by atoms with Gasteiger partial charge in [0.2, 0.25) is 5.91 Å². The van der Waals surface area contributed by atoms with Gasteiger partial charge in [-0.3, -0.25) is 10.1 Å². The minimum atomic E-state index is -0.224. The quantitative estimate of drug-likeness (QED) is 0.848. The predicted molar refractivity (Wildman–Crippen MR) is 70.6 cm³/mol. The molecule has 0 aliphatic rings. The summed E-state index contributed by atoms with van der Waals surface area (Å²) in [6.07, 6.45) is 0. The lowest BCUT2D eigenvalue weighted by Gasteiger charge is -2.14. The molecule has 1 aromatic rings. The maximum absolute atomic E-state index is 11.7. The SMILES string of the molecule is CC(C)CNC(=O)C(C)NCc1ccc(Br)o1. The summed E-state index contributed by atoms with van der Waals surface area (Å²) in [6, 6.07) is 3.48. The van der Waals surface area contributed by atoms with Gasteiger partial charge in [-0.15, -0.1) is 0 Å². The summed E-state index contributed by atoms with van der Waals surface area (Å²) in [5.74, 6) is 1.29. The predicted octanol–water partition coefficient (Wildman–Crippen LogP) is 2.29. The van der Waals surface area contributed by atoms with Crippen LogP contribution in [0.15, 0.2) is 21.2 Å². The first-order valence-electron chi connectivity index (χ1n) is 5.74. The van der Waals surface area contributed by atoms with Crippen LogP contribution in [0, 0.1) is 5.92 Å². The standard InChI is InChI=1S/C12H19BrN2O2/c1-8(2)6-15-12(16)9(3)14-7-10-4-5-11(13)17-10/h4-5,8-9,14H,6-7H2,1-3H3,(H,15,16). The van der Waals surface area contributed by atoms with Gasteiger partial charge in [-0.1, -0.05) is 13.8 Å². The maximum Gasteiger partial charge on any atom is 0.236 e. The zero-order valence-corrected chi connectivity index (χ0v) is 12.0. The molecule has 1 atom stereocenters. The molecule has 1 aromatic heterocycles. The highest BCUT2D eigenvalue weighted by molar-refractivity contribution is 9.10. The Labute approximate surface area is 110 Å². The molecule has 1 heterocycles. The van der Waals surface area contributed by atoms with Gasteiger partial charge >= 0.3 is 0 Å². The van der Waals surface area contributed by atoms with Gasteiger partial charge in [0.25, 0.3) is 0 Å². The van der Waals surface area contributed by atoms with Gasteiger partial charge in [0.05, 0.1) is 12.6 Å². The number of hydrogen-bond acceptors (Lipinski definition) is 3. The number of amides is 1. The third kappa shape index (κ3) is 5.37. The van der Waals surface area contributed by atoms with E-state index in [1.54, 1.807) is 0 Å². The first kappa shape index (κ1) is 14.3. The topological polar surface area (TPSA) is 54.3 Å². The molecule has 0 fully saturated rings. The first-order chi connectivity index (χ1) is 7.99. The summed E-state index contributed by atoms with van der Waals surface area (Å²) in [7, 11) is 0. The van der Waals surface area contributed by atoms with Crippen molar-refractivity contribution in [2.45, 2.75) is 33.4 Å². The van der Waals surface area contributed by atoms with Gasteiger partial charge in [-0.05, 0) is 40.9 Å². The molecule has 1 rings (SSSR count). The van der Waals surface area contributed by atoms with E-state index in [2.05, 4.69) is 40.4 Å². The van der Waals surface area contributed by atoms with Crippen LogP contribution in [0.5, 0.6) is 0 Å². The van der Waals surface area contributed by atoms with Gasteiger partial charge in [0, 0.05) is 6.54 Å². The van der Waals surface area contributed by atoms with E-state index in [-0.39, 0.29) is 11.9 Å². The highest BCUT2D eigenvalue weighted by Crippen LogP contribution is 2.13. The van der Waals surface area contributed by atoms with Gasteiger partial charge in [-0.25, -0.2) is 0 Å². The third-order valence-corrected chi connectivity index (χ3v) is 2.72. The molecule has 0 saturated heterocycles. The maximum atomic E-state index is 11.7. The number of furan rings is 1. The van der Waals surface area contributed by atoms with Crippen molar-refractivity contribution in [2.75, 3.05) is 6.54 Å². The zero-order chi connectivity index (χ0) is 12.8. The van der Waals surface area contributed by atoms with E-state index in [1.807, 2.05) is 19.1 Å². The monoisotopic (exact) mass is 302 g/mol. The second kappa shape index (κ2) is 6.81. The normalized spacial score (nSPS) is 12.8. The fraction of sp³-hybridized carbons (Fsp3) is 0.583.